The van der Waals surface area contributed by atoms with Crippen LogP contribution in [0, 0.1) is 0 Å². The fourth-order valence-corrected chi connectivity index (χ4v) is 4.28. The number of amides is 1. The quantitative estimate of drug-likeness (QED) is 0.467. The third kappa shape index (κ3) is 4.92. The van der Waals surface area contributed by atoms with Crippen molar-refractivity contribution in [2.45, 2.75) is 26.7 Å². The summed E-state index contributed by atoms with van der Waals surface area (Å²) in [6, 6.07) is 12.7. The maximum atomic E-state index is 12.9. The molecule has 0 atom stereocenters. The Balaban J connectivity index is 1.72. The summed E-state index contributed by atoms with van der Waals surface area (Å²) in [6.45, 7) is 4.78. The molecule has 1 heterocycles. The van der Waals surface area contributed by atoms with Gasteiger partial charge in [-0.2, -0.15) is 0 Å². The lowest BCUT2D eigenvalue weighted by Gasteiger charge is -2.18. The number of phenols is 1. The molecule has 0 spiro atoms. The van der Waals surface area contributed by atoms with E-state index in [2.05, 4.69) is 0 Å². The number of nitrogens with zero attached hydrogens (tertiary/aromatic N) is 1. The van der Waals surface area contributed by atoms with Crippen LogP contribution in [0.5, 0.6) is 17.2 Å². The van der Waals surface area contributed by atoms with E-state index in [9.17, 15) is 9.90 Å². The SMILES string of the molecule is CCOc1cc(CC/C=C2\SC(=S)N(c3ccccc3OCC)C2=O)ccc1O. The molecule has 2 aromatic rings. The number of thioether (sulfide) groups is 1. The van der Waals surface area contributed by atoms with Gasteiger partial charge in [-0.3, -0.25) is 9.69 Å². The average Bonchev–Trinajstić information content (AvgIpc) is 2.99. The number of hydrogen-bond acceptors (Lipinski definition) is 6. The molecule has 152 valence electrons. The summed E-state index contributed by atoms with van der Waals surface area (Å²) < 4.78 is 11.6. The summed E-state index contributed by atoms with van der Waals surface area (Å²) in [4.78, 5) is 15.1. The smallest absolute Gasteiger partial charge is 0.270 e. The Morgan fingerprint density at radius 2 is 1.83 bits per heavy atom. The minimum Gasteiger partial charge on any atom is -0.504 e. The Hall–Kier alpha value is -2.51. The minimum absolute atomic E-state index is 0.129. The molecule has 0 saturated carbocycles. The number of rotatable bonds is 8. The Morgan fingerprint density at radius 3 is 2.59 bits per heavy atom. The standard InChI is InChI=1S/C22H23NO4S2/c1-3-26-18-10-6-5-9-16(18)23-21(25)20(29-22(23)28)11-7-8-15-12-13-17(24)19(14-15)27-4-2/h5-6,9-14,24H,3-4,7-8H2,1-2H3/b20-11-. The molecule has 0 bridgehead atoms. The Morgan fingerprint density at radius 1 is 1.10 bits per heavy atom. The van der Waals surface area contributed by atoms with Gasteiger partial charge in [0.05, 0.1) is 23.8 Å². The van der Waals surface area contributed by atoms with Crippen molar-refractivity contribution in [1.29, 1.82) is 0 Å². The molecule has 1 amide bonds. The van der Waals surface area contributed by atoms with Gasteiger partial charge in [-0.15, -0.1) is 0 Å². The molecule has 5 nitrogen and oxygen atoms in total. The largest absolute Gasteiger partial charge is 0.504 e. The van der Waals surface area contributed by atoms with E-state index in [0.29, 0.717) is 46.0 Å². The fraction of sp³-hybridized carbons (Fsp3) is 0.273. The summed E-state index contributed by atoms with van der Waals surface area (Å²) in [5.41, 5.74) is 1.69. The number of aryl methyl sites for hydroxylation is 1. The van der Waals surface area contributed by atoms with Gasteiger partial charge in [0, 0.05) is 0 Å². The van der Waals surface area contributed by atoms with Gasteiger partial charge in [-0.1, -0.05) is 48.3 Å². The molecule has 0 aliphatic carbocycles. The second kappa shape index (κ2) is 9.80. The molecule has 2 aromatic carbocycles. The molecule has 3 rings (SSSR count). The monoisotopic (exact) mass is 429 g/mol. The molecule has 1 saturated heterocycles. The van der Waals surface area contributed by atoms with Gasteiger partial charge in [-0.05, 0) is 56.5 Å². The van der Waals surface area contributed by atoms with E-state index in [-0.39, 0.29) is 11.7 Å². The maximum absolute atomic E-state index is 12.9. The summed E-state index contributed by atoms with van der Waals surface area (Å²) in [5.74, 6) is 1.11. The predicted molar refractivity (Wildman–Crippen MR) is 121 cm³/mol. The maximum Gasteiger partial charge on any atom is 0.270 e. The van der Waals surface area contributed by atoms with E-state index in [1.807, 2.05) is 56.3 Å². The van der Waals surface area contributed by atoms with Crippen LogP contribution in [0.25, 0.3) is 0 Å². The minimum atomic E-state index is -0.132. The summed E-state index contributed by atoms with van der Waals surface area (Å²) in [6.07, 6.45) is 3.31. The van der Waals surface area contributed by atoms with Crippen LogP contribution >= 0.6 is 24.0 Å². The van der Waals surface area contributed by atoms with E-state index in [0.717, 1.165) is 12.0 Å². The molecular formula is C22H23NO4S2. The lowest BCUT2D eigenvalue weighted by Crippen LogP contribution is -2.28. The summed E-state index contributed by atoms with van der Waals surface area (Å²) in [5, 5.41) is 9.81. The number of hydrogen-bond donors (Lipinski definition) is 1. The molecule has 7 heteroatoms. The number of allylic oxidation sites excluding steroid dienone is 1. The Labute approximate surface area is 180 Å². The molecule has 0 radical (unpaired) electrons. The van der Waals surface area contributed by atoms with Gasteiger partial charge >= 0.3 is 0 Å². The van der Waals surface area contributed by atoms with Gasteiger partial charge in [0.2, 0.25) is 0 Å². The van der Waals surface area contributed by atoms with Crippen molar-refractivity contribution in [2.75, 3.05) is 18.1 Å². The lowest BCUT2D eigenvalue weighted by molar-refractivity contribution is -0.113. The van der Waals surface area contributed by atoms with Crippen LogP contribution in [0.2, 0.25) is 0 Å². The van der Waals surface area contributed by atoms with Crippen LogP contribution in [-0.4, -0.2) is 28.5 Å². The number of thiocarbonyl (C=S) groups is 1. The highest BCUT2D eigenvalue weighted by Crippen LogP contribution is 2.39. The van der Waals surface area contributed by atoms with E-state index < -0.39 is 0 Å². The van der Waals surface area contributed by atoms with Gasteiger partial charge in [0.1, 0.15) is 5.75 Å². The second-order valence-electron chi connectivity index (χ2n) is 6.25. The number of para-hydroxylation sites is 2. The summed E-state index contributed by atoms with van der Waals surface area (Å²) >= 11 is 6.75. The molecule has 1 fully saturated rings. The number of benzene rings is 2. The first-order valence-corrected chi connectivity index (χ1v) is 10.7. The number of aromatic hydroxyl groups is 1. The van der Waals surface area contributed by atoms with Crippen LogP contribution in [0.3, 0.4) is 0 Å². The number of anilines is 1. The van der Waals surface area contributed by atoms with Gasteiger partial charge < -0.3 is 14.6 Å². The van der Waals surface area contributed by atoms with Crippen molar-refractivity contribution in [3.63, 3.8) is 0 Å². The topological polar surface area (TPSA) is 59.0 Å². The summed E-state index contributed by atoms with van der Waals surface area (Å²) in [7, 11) is 0. The number of ether oxygens (including phenoxy) is 2. The van der Waals surface area contributed by atoms with Crippen molar-refractivity contribution in [1.82, 2.24) is 0 Å². The zero-order valence-corrected chi connectivity index (χ0v) is 18.0. The molecule has 1 N–H and O–H groups in total. The van der Waals surface area contributed by atoms with Crippen LogP contribution in [0.15, 0.2) is 53.4 Å². The van der Waals surface area contributed by atoms with Crippen LogP contribution < -0.4 is 14.4 Å². The van der Waals surface area contributed by atoms with Gasteiger partial charge in [-0.25, -0.2) is 0 Å². The van der Waals surface area contributed by atoms with E-state index >= 15 is 0 Å². The molecule has 29 heavy (non-hydrogen) atoms. The Kier molecular flexibility index (Phi) is 7.17. The third-order valence-electron chi connectivity index (χ3n) is 4.29. The number of phenolic OH excluding ortho intramolecular Hbond substituents is 1. The number of carbonyl (C=O) groups is 1. The van der Waals surface area contributed by atoms with Crippen LogP contribution in [0.1, 0.15) is 25.8 Å². The highest BCUT2D eigenvalue weighted by atomic mass is 32.2. The molecule has 1 aliphatic heterocycles. The molecule has 0 aromatic heterocycles. The van der Waals surface area contributed by atoms with Crippen LogP contribution in [-0.2, 0) is 11.2 Å². The predicted octanol–water partition coefficient (Wildman–Crippen LogP) is 5.07. The number of carbonyl (C=O) groups excluding carboxylic acids is 1. The zero-order chi connectivity index (χ0) is 20.8. The van der Waals surface area contributed by atoms with Crippen molar-refractivity contribution < 1.29 is 19.4 Å². The van der Waals surface area contributed by atoms with Crippen molar-refractivity contribution >= 4 is 39.9 Å². The fourth-order valence-electron chi connectivity index (χ4n) is 2.99. The van der Waals surface area contributed by atoms with Crippen molar-refractivity contribution in [3.05, 3.63) is 59.0 Å². The first kappa shape index (κ1) is 21.2. The highest BCUT2D eigenvalue weighted by molar-refractivity contribution is 8.27. The van der Waals surface area contributed by atoms with Crippen molar-refractivity contribution in [3.8, 4) is 17.2 Å². The zero-order valence-electron chi connectivity index (χ0n) is 16.4. The van der Waals surface area contributed by atoms with E-state index in [4.69, 9.17) is 21.7 Å². The van der Waals surface area contributed by atoms with E-state index in [1.165, 1.54) is 16.7 Å². The first-order valence-electron chi connectivity index (χ1n) is 9.48. The molecular weight excluding hydrogens is 406 g/mol. The molecule has 1 aliphatic rings. The van der Waals surface area contributed by atoms with Gasteiger partial charge in [0.25, 0.3) is 5.91 Å². The highest BCUT2D eigenvalue weighted by Gasteiger charge is 2.34. The first-order chi connectivity index (χ1) is 14.0. The van der Waals surface area contributed by atoms with Crippen LogP contribution in [0.4, 0.5) is 5.69 Å². The lowest BCUT2D eigenvalue weighted by atomic mass is 10.1. The normalized spacial score (nSPS) is 15.2. The average molecular weight is 430 g/mol. The second-order valence-corrected chi connectivity index (χ2v) is 7.93. The van der Waals surface area contributed by atoms with E-state index in [1.54, 1.807) is 6.07 Å². The Bertz CT molecular complexity index is 942. The van der Waals surface area contributed by atoms with Gasteiger partial charge in [0.15, 0.2) is 15.8 Å². The van der Waals surface area contributed by atoms with Crippen molar-refractivity contribution in [2.24, 2.45) is 0 Å². The molecule has 0 unspecified atom stereocenters. The third-order valence-corrected chi connectivity index (χ3v) is 5.64.